The molecule has 7 heteroatoms. The number of alkyl halides is 3. The third-order valence-electron chi connectivity index (χ3n) is 3.36. The molecule has 0 unspecified atom stereocenters. The van der Waals surface area contributed by atoms with E-state index in [0.717, 1.165) is 18.1 Å². The number of benzene rings is 1. The first-order valence-electron chi connectivity index (χ1n) is 6.36. The van der Waals surface area contributed by atoms with Crippen LogP contribution in [0.3, 0.4) is 0 Å². The van der Waals surface area contributed by atoms with Crippen molar-refractivity contribution in [1.29, 1.82) is 0 Å². The second kappa shape index (κ2) is 4.98. The van der Waals surface area contributed by atoms with Crippen LogP contribution in [0.2, 0.25) is 0 Å². The number of rotatable bonds is 3. The zero-order valence-corrected chi connectivity index (χ0v) is 10.7. The number of hydrogen-bond donors (Lipinski definition) is 1. The first kappa shape index (κ1) is 13.8. The van der Waals surface area contributed by atoms with Crippen LogP contribution in [-0.2, 0) is 6.18 Å². The molecular weight excluding hydrogens is 286 g/mol. The predicted octanol–water partition coefficient (Wildman–Crippen LogP) is 3.60. The number of nitrogens with zero attached hydrogens (tertiary/aromatic N) is 2. The molecule has 1 aromatic carbocycles. The van der Waals surface area contributed by atoms with Gasteiger partial charge in [0.25, 0.3) is 0 Å². The molecule has 0 saturated heterocycles. The molecule has 1 fully saturated rings. The topological polar surface area (TPSA) is 37.8 Å². The smallest absolute Gasteiger partial charge is 0.365 e. The van der Waals surface area contributed by atoms with E-state index < -0.39 is 11.9 Å². The van der Waals surface area contributed by atoms with Gasteiger partial charge in [0.05, 0.1) is 0 Å². The van der Waals surface area contributed by atoms with Crippen molar-refractivity contribution in [2.75, 3.05) is 5.32 Å². The lowest BCUT2D eigenvalue weighted by Crippen LogP contribution is -2.11. The van der Waals surface area contributed by atoms with Gasteiger partial charge in [0.2, 0.25) is 0 Å². The van der Waals surface area contributed by atoms with Crippen molar-refractivity contribution in [1.82, 2.24) is 10.2 Å². The summed E-state index contributed by atoms with van der Waals surface area (Å²) in [6, 6.07) is 8.47. The van der Waals surface area contributed by atoms with E-state index in [0.29, 0.717) is 0 Å². The van der Waals surface area contributed by atoms with E-state index in [1.165, 1.54) is 18.2 Å². The molecule has 1 aliphatic rings. The van der Waals surface area contributed by atoms with Gasteiger partial charge in [0.1, 0.15) is 11.6 Å². The Morgan fingerprint density at radius 1 is 1.10 bits per heavy atom. The number of halogens is 4. The average molecular weight is 297 g/mol. The number of hydrogen-bond acceptors (Lipinski definition) is 3. The molecular formula is C14H11F4N3. The Balaban J connectivity index is 1.64. The Morgan fingerprint density at radius 3 is 2.52 bits per heavy atom. The van der Waals surface area contributed by atoms with E-state index >= 15 is 0 Å². The Bertz CT molecular complexity index is 639. The summed E-state index contributed by atoms with van der Waals surface area (Å²) in [5, 5.41) is 9.66. The van der Waals surface area contributed by atoms with E-state index in [1.807, 2.05) is 6.07 Å². The molecule has 0 amide bonds. The van der Waals surface area contributed by atoms with Gasteiger partial charge in [-0.05, 0) is 36.2 Å². The van der Waals surface area contributed by atoms with Gasteiger partial charge >= 0.3 is 6.18 Å². The zero-order chi connectivity index (χ0) is 15.0. The highest BCUT2D eigenvalue weighted by atomic mass is 19.4. The van der Waals surface area contributed by atoms with Gasteiger partial charge in [-0.3, -0.25) is 0 Å². The fourth-order valence-corrected chi connectivity index (χ4v) is 2.21. The van der Waals surface area contributed by atoms with E-state index in [9.17, 15) is 17.6 Å². The molecule has 3 nitrogen and oxygen atoms in total. The van der Waals surface area contributed by atoms with Crippen molar-refractivity contribution in [3.8, 4) is 0 Å². The van der Waals surface area contributed by atoms with Crippen molar-refractivity contribution in [2.24, 2.45) is 0 Å². The van der Waals surface area contributed by atoms with Gasteiger partial charge in [-0.25, -0.2) is 4.39 Å². The highest BCUT2D eigenvalue weighted by Gasteiger charge is 2.39. The van der Waals surface area contributed by atoms with Gasteiger partial charge in [-0.15, -0.1) is 10.2 Å². The summed E-state index contributed by atoms with van der Waals surface area (Å²) in [7, 11) is 0. The summed E-state index contributed by atoms with van der Waals surface area (Å²) in [4.78, 5) is 0. The minimum absolute atomic E-state index is 0.0397. The summed E-state index contributed by atoms with van der Waals surface area (Å²) in [6.07, 6.45) is -3.71. The maximum Gasteiger partial charge on any atom is 0.435 e. The molecule has 1 aromatic heterocycles. The van der Waals surface area contributed by atoms with Gasteiger partial charge in [-0.2, -0.15) is 13.2 Å². The zero-order valence-electron chi connectivity index (χ0n) is 10.7. The van der Waals surface area contributed by atoms with Crippen LogP contribution in [0.5, 0.6) is 0 Å². The molecule has 0 radical (unpaired) electrons. The Kier molecular flexibility index (Phi) is 3.27. The summed E-state index contributed by atoms with van der Waals surface area (Å²) < 4.78 is 50.2. The summed E-state index contributed by atoms with van der Waals surface area (Å²) in [5.74, 6) is 0.129. The Morgan fingerprint density at radius 2 is 1.90 bits per heavy atom. The van der Waals surface area contributed by atoms with Crippen molar-refractivity contribution in [3.63, 3.8) is 0 Å². The number of aromatic nitrogens is 2. The largest absolute Gasteiger partial charge is 0.435 e. The molecule has 1 N–H and O–H groups in total. The summed E-state index contributed by atoms with van der Waals surface area (Å²) in [6.45, 7) is 0. The van der Waals surface area contributed by atoms with Crippen LogP contribution in [-0.4, -0.2) is 16.2 Å². The monoisotopic (exact) mass is 297 g/mol. The molecule has 21 heavy (non-hydrogen) atoms. The molecule has 110 valence electrons. The fourth-order valence-electron chi connectivity index (χ4n) is 2.21. The first-order chi connectivity index (χ1) is 9.93. The lowest BCUT2D eigenvalue weighted by molar-refractivity contribution is -0.141. The number of nitrogens with one attached hydrogen (secondary N) is 1. The lowest BCUT2D eigenvalue weighted by atomic mass is 10.1. The molecule has 1 aliphatic carbocycles. The van der Waals surface area contributed by atoms with Gasteiger partial charge < -0.3 is 5.32 Å². The highest BCUT2D eigenvalue weighted by Crippen LogP contribution is 2.42. The standard InChI is InChI=1S/C14H11F4N3/c15-9-3-1-2-8(6-9)10-7-11(10)19-13-5-4-12(20-21-13)14(16,17)18/h1-6,10-11H,7H2,(H,19,21)/t10-,11+/m0/s1. The molecule has 2 aromatic rings. The van der Waals surface area contributed by atoms with E-state index in [2.05, 4.69) is 15.5 Å². The van der Waals surface area contributed by atoms with Crippen molar-refractivity contribution >= 4 is 5.82 Å². The van der Waals surface area contributed by atoms with Crippen molar-refractivity contribution < 1.29 is 17.6 Å². The second-order valence-corrected chi connectivity index (χ2v) is 4.95. The third-order valence-corrected chi connectivity index (χ3v) is 3.36. The Labute approximate surface area is 118 Å². The van der Waals surface area contributed by atoms with Crippen molar-refractivity contribution in [3.05, 3.63) is 53.5 Å². The molecule has 1 heterocycles. The van der Waals surface area contributed by atoms with Crippen molar-refractivity contribution in [2.45, 2.75) is 24.6 Å². The predicted molar refractivity (Wildman–Crippen MR) is 68.2 cm³/mol. The third kappa shape index (κ3) is 3.12. The lowest BCUT2D eigenvalue weighted by Gasteiger charge is -2.07. The minimum Gasteiger partial charge on any atom is -0.365 e. The van der Waals surface area contributed by atoms with E-state index in [-0.39, 0.29) is 23.6 Å². The molecule has 3 rings (SSSR count). The van der Waals surface area contributed by atoms with Gasteiger partial charge in [-0.1, -0.05) is 12.1 Å². The molecule has 0 spiro atoms. The van der Waals surface area contributed by atoms with Gasteiger partial charge in [0.15, 0.2) is 5.69 Å². The number of anilines is 1. The molecule has 2 atom stereocenters. The highest BCUT2D eigenvalue weighted by molar-refractivity contribution is 5.41. The average Bonchev–Trinajstić information content (AvgIpc) is 3.17. The fraction of sp³-hybridized carbons (Fsp3) is 0.286. The first-order valence-corrected chi connectivity index (χ1v) is 6.36. The van der Waals surface area contributed by atoms with Crippen LogP contribution in [0, 0.1) is 5.82 Å². The van der Waals surface area contributed by atoms with Crippen LogP contribution in [0.1, 0.15) is 23.6 Å². The maximum atomic E-state index is 13.1. The normalized spacial score (nSPS) is 21.1. The maximum absolute atomic E-state index is 13.1. The van der Waals surface area contributed by atoms with Gasteiger partial charge in [0, 0.05) is 12.0 Å². The summed E-state index contributed by atoms with van der Waals surface area (Å²) >= 11 is 0. The van der Waals surface area contributed by atoms with Crippen LogP contribution >= 0.6 is 0 Å². The molecule has 1 saturated carbocycles. The van der Waals surface area contributed by atoms with Crippen LogP contribution in [0.4, 0.5) is 23.4 Å². The minimum atomic E-state index is -4.49. The SMILES string of the molecule is Fc1cccc([C@@H]2C[C@H]2Nc2ccc(C(F)(F)F)nn2)c1. The van der Waals surface area contributed by atoms with Crippen LogP contribution in [0.25, 0.3) is 0 Å². The Hall–Kier alpha value is -2.18. The van der Waals surface area contributed by atoms with E-state index in [4.69, 9.17) is 0 Å². The van der Waals surface area contributed by atoms with Crippen LogP contribution in [0.15, 0.2) is 36.4 Å². The van der Waals surface area contributed by atoms with E-state index in [1.54, 1.807) is 6.07 Å². The molecule has 0 aliphatic heterocycles. The summed E-state index contributed by atoms with van der Waals surface area (Å²) in [5.41, 5.74) is -0.155. The second-order valence-electron chi connectivity index (χ2n) is 4.95. The molecule has 0 bridgehead atoms. The quantitative estimate of drug-likeness (QED) is 0.880. The van der Waals surface area contributed by atoms with Crippen LogP contribution < -0.4 is 5.32 Å².